The number of halogens is 3. The topological polar surface area (TPSA) is 56.5 Å². The summed E-state index contributed by atoms with van der Waals surface area (Å²) in [6, 6.07) is 8.89. The van der Waals surface area contributed by atoms with Gasteiger partial charge in [0.15, 0.2) is 5.75 Å². The normalized spacial score (nSPS) is 13.6. The SMILES string of the molecule is CC[C@@H](C)c1nc2ccc(Br)cc2c(=O)n1N=Cc1cc(Cl)c(O[C@@H](C)CC)c(Cl)c1. The largest absolute Gasteiger partial charge is 0.488 e. The second kappa shape index (κ2) is 10.2. The van der Waals surface area contributed by atoms with Crippen LogP contribution in [-0.4, -0.2) is 22.0 Å². The van der Waals surface area contributed by atoms with Crippen molar-refractivity contribution in [2.75, 3.05) is 0 Å². The molecule has 3 aromatic rings. The van der Waals surface area contributed by atoms with E-state index in [0.29, 0.717) is 38.1 Å². The lowest BCUT2D eigenvalue weighted by Gasteiger charge is -2.16. The van der Waals surface area contributed by atoms with Crippen LogP contribution in [0.5, 0.6) is 5.75 Å². The number of fused-ring (bicyclic) bond motifs is 1. The molecule has 0 bridgehead atoms. The van der Waals surface area contributed by atoms with Gasteiger partial charge in [0.2, 0.25) is 0 Å². The minimum absolute atomic E-state index is 0.00539. The van der Waals surface area contributed by atoms with Crippen LogP contribution in [0.1, 0.15) is 57.8 Å². The van der Waals surface area contributed by atoms with Gasteiger partial charge in [-0.05, 0) is 55.7 Å². The second-order valence-corrected chi connectivity index (χ2v) is 9.18. The first-order chi connectivity index (χ1) is 14.7. The highest BCUT2D eigenvalue weighted by atomic mass is 79.9. The molecule has 3 rings (SSSR count). The monoisotopic (exact) mass is 523 g/mol. The van der Waals surface area contributed by atoms with E-state index in [1.54, 1.807) is 24.4 Å². The molecule has 0 saturated heterocycles. The number of benzene rings is 2. The summed E-state index contributed by atoms with van der Waals surface area (Å²) in [4.78, 5) is 17.9. The molecule has 0 aliphatic rings. The first-order valence-electron chi connectivity index (χ1n) is 10.2. The number of nitrogens with zero attached hydrogens (tertiary/aromatic N) is 3. The molecule has 1 aromatic heterocycles. The van der Waals surface area contributed by atoms with Crippen molar-refractivity contribution in [3.8, 4) is 5.75 Å². The zero-order valence-corrected chi connectivity index (χ0v) is 20.9. The second-order valence-electron chi connectivity index (χ2n) is 7.45. The third-order valence-corrected chi connectivity index (χ3v) is 6.18. The number of hydrogen-bond acceptors (Lipinski definition) is 4. The predicted molar refractivity (Wildman–Crippen MR) is 132 cm³/mol. The van der Waals surface area contributed by atoms with E-state index in [1.165, 1.54) is 4.68 Å². The molecule has 1 heterocycles. The van der Waals surface area contributed by atoms with Crippen molar-refractivity contribution in [3.05, 3.63) is 66.6 Å². The van der Waals surface area contributed by atoms with E-state index in [4.69, 9.17) is 32.9 Å². The van der Waals surface area contributed by atoms with E-state index in [2.05, 4.69) is 21.0 Å². The van der Waals surface area contributed by atoms with Crippen LogP contribution in [0.15, 0.2) is 44.7 Å². The van der Waals surface area contributed by atoms with Crippen LogP contribution in [0, 0.1) is 0 Å². The van der Waals surface area contributed by atoms with E-state index in [9.17, 15) is 4.79 Å². The van der Waals surface area contributed by atoms with Gasteiger partial charge >= 0.3 is 0 Å². The number of aromatic nitrogens is 2. The summed E-state index contributed by atoms with van der Waals surface area (Å²) in [7, 11) is 0. The van der Waals surface area contributed by atoms with Gasteiger partial charge in [0.1, 0.15) is 5.82 Å². The molecule has 8 heteroatoms. The molecule has 5 nitrogen and oxygen atoms in total. The van der Waals surface area contributed by atoms with Crippen LogP contribution in [-0.2, 0) is 0 Å². The standard InChI is InChI=1S/C23H24BrCl2N3O2/c1-5-13(3)22-28-20-8-7-16(24)11-17(20)23(30)29(22)27-12-15-9-18(25)21(19(26)10-15)31-14(4)6-2/h7-14H,5-6H2,1-4H3/t13-,14+/m1/s1. The van der Waals surface area contributed by atoms with Gasteiger partial charge in [-0.3, -0.25) is 4.79 Å². The average Bonchev–Trinajstić information content (AvgIpc) is 2.75. The van der Waals surface area contributed by atoms with Crippen LogP contribution in [0.25, 0.3) is 10.9 Å². The fourth-order valence-electron chi connectivity index (χ4n) is 2.95. The van der Waals surface area contributed by atoms with Gasteiger partial charge in [-0.15, -0.1) is 0 Å². The maximum Gasteiger partial charge on any atom is 0.282 e. The highest BCUT2D eigenvalue weighted by Gasteiger charge is 2.16. The molecule has 0 saturated carbocycles. The smallest absolute Gasteiger partial charge is 0.282 e. The van der Waals surface area contributed by atoms with E-state index in [0.717, 1.165) is 17.3 Å². The molecule has 2 aromatic carbocycles. The Morgan fingerprint density at radius 1 is 1.16 bits per heavy atom. The van der Waals surface area contributed by atoms with Crippen molar-refractivity contribution in [1.29, 1.82) is 0 Å². The molecule has 0 aliphatic heterocycles. The van der Waals surface area contributed by atoms with E-state index < -0.39 is 0 Å². The highest BCUT2D eigenvalue weighted by molar-refractivity contribution is 9.10. The Morgan fingerprint density at radius 3 is 2.45 bits per heavy atom. The lowest BCUT2D eigenvalue weighted by molar-refractivity contribution is 0.218. The Kier molecular flexibility index (Phi) is 7.78. The Labute approximate surface area is 200 Å². The maximum absolute atomic E-state index is 13.2. The fraction of sp³-hybridized carbons (Fsp3) is 0.348. The Morgan fingerprint density at radius 2 is 1.84 bits per heavy atom. The highest BCUT2D eigenvalue weighted by Crippen LogP contribution is 2.35. The minimum Gasteiger partial charge on any atom is -0.488 e. The molecule has 0 radical (unpaired) electrons. The number of ether oxygens (including phenoxy) is 1. The third kappa shape index (κ3) is 5.30. The molecule has 0 aliphatic carbocycles. The average molecular weight is 525 g/mol. The van der Waals surface area contributed by atoms with E-state index in [1.807, 2.05) is 39.8 Å². The minimum atomic E-state index is -0.230. The number of hydrogen-bond donors (Lipinski definition) is 0. The number of rotatable bonds is 7. The van der Waals surface area contributed by atoms with Crippen molar-refractivity contribution in [3.63, 3.8) is 0 Å². The summed E-state index contributed by atoms with van der Waals surface area (Å²) in [5.74, 6) is 1.10. The summed E-state index contributed by atoms with van der Waals surface area (Å²) in [6.45, 7) is 8.05. The first kappa shape index (κ1) is 23.8. The summed E-state index contributed by atoms with van der Waals surface area (Å²) < 4.78 is 7.97. The molecular weight excluding hydrogens is 501 g/mol. The van der Waals surface area contributed by atoms with Gasteiger partial charge in [0.05, 0.1) is 33.3 Å². The quantitative estimate of drug-likeness (QED) is 0.311. The van der Waals surface area contributed by atoms with Crippen molar-refractivity contribution < 1.29 is 4.74 Å². The van der Waals surface area contributed by atoms with E-state index >= 15 is 0 Å². The molecule has 0 N–H and O–H groups in total. The zero-order valence-electron chi connectivity index (χ0n) is 17.8. The lowest BCUT2D eigenvalue weighted by Crippen LogP contribution is -2.23. The fourth-order valence-corrected chi connectivity index (χ4v) is 3.91. The summed E-state index contributed by atoms with van der Waals surface area (Å²) >= 11 is 16.2. The zero-order chi connectivity index (χ0) is 22.7. The summed E-state index contributed by atoms with van der Waals surface area (Å²) in [5.41, 5.74) is 1.07. The maximum atomic E-state index is 13.2. The Balaban J connectivity index is 2.08. The van der Waals surface area contributed by atoms with Crippen molar-refractivity contribution in [2.24, 2.45) is 5.10 Å². The molecule has 0 unspecified atom stereocenters. The van der Waals surface area contributed by atoms with Gasteiger partial charge in [0.25, 0.3) is 5.56 Å². The van der Waals surface area contributed by atoms with Gasteiger partial charge < -0.3 is 4.74 Å². The third-order valence-electron chi connectivity index (χ3n) is 5.12. The predicted octanol–water partition coefficient (Wildman–Crippen LogP) is 7.04. The summed E-state index contributed by atoms with van der Waals surface area (Å²) in [5, 5.41) is 5.74. The molecule has 164 valence electrons. The van der Waals surface area contributed by atoms with Crippen LogP contribution in [0.4, 0.5) is 0 Å². The van der Waals surface area contributed by atoms with Crippen LogP contribution in [0.3, 0.4) is 0 Å². The van der Waals surface area contributed by atoms with Gasteiger partial charge in [-0.2, -0.15) is 9.78 Å². The molecular formula is C23H24BrCl2N3O2. The first-order valence-corrected chi connectivity index (χ1v) is 11.7. The van der Waals surface area contributed by atoms with Gasteiger partial charge in [-0.1, -0.05) is 59.9 Å². The Hall–Kier alpha value is -1.89. The molecule has 31 heavy (non-hydrogen) atoms. The van der Waals surface area contributed by atoms with Crippen molar-refractivity contribution in [1.82, 2.24) is 9.66 Å². The summed E-state index contributed by atoms with van der Waals surface area (Å²) in [6.07, 6.45) is 3.21. The Bertz CT molecular complexity index is 1170. The molecule has 0 amide bonds. The van der Waals surface area contributed by atoms with Crippen LogP contribution in [0.2, 0.25) is 10.0 Å². The van der Waals surface area contributed by atoms with Crippen molar-refractivity contribution >= 4 is 56.2 Å². The lowest BCUT2D eigenvalue weighted by atomic mass is 10.1. The molecule has 0 fully saturated rings. The van der Waals surface area contributed by atoms with Crippen LogP contribution >= 0.6 is 39.1 Å². The van der Waals surface area contributed by atoms with Gasteiger partial charge in [0, 0.05) is 10.4 Å². The molecule has 0 spiro atoms. The van der Waals surface area contributed by atoms with E-state index in [-0.39, 0.29) is 17.6 Å². The molecule has 2 atom stereocenters. The van der Waals surface area contributed by atoms with Crippen molar-refractivity contribution in [2.45, 2.75) is 52.6 Å². The van der Waals surface area contributed by atoms with Crippen LogP contribution < -0.4 is 10.3 Å². The van der Waals surface area contributed by atoms with Gasteiger partial charge in [-0.25, -0.2) is 4.98 Å².